The van der Waals surface area contributed by atoms with E-state index in [1.54, 1.807) is 0 Å². The summed E-state index contributed by atoms with van der Waals surface area (Å²) in [6, 6.07) is 73.6. The molecule has 3 aliphatic rings. The van der Waals surface area contributed by atoms with Crippen LogP contribution < -0.4 is 4.90 Å². The Balaban J connectivity index is 0.942. The topological polar surface area (TPSA) is 3.24 Å². The molecule has 0 unspecified atom stereocenters. The molecule has 0 aromatic heterocycles. The minimum absolute atomic E-state index is 0.000458. The Morgan fingerprint density at radius 2 is 0.815 bits per heavy atom. The molecule has 1 nitrogen and oxygen atoms in total. The van der Waals surface area contributed by atoms with E-state index in [4.69, 9.17) is 0 Å². The number of rotatable bonds is 7. The maximum Gasteiger partial charge on any atom is 0.0465 e. The maximum absolute atomic E-state index is 2.48. The molecule has 3 aliphatic carbocycles. The van der Waals surface area contributed by atoms with Crippen molar-refractivity contribution in [2.45, 2.75) is 76.5 Å². The molecule has 1 heteroatoms. The Kier molecular flexibility index (Phi) is 9.35. The number of hydrogen-bond donors (Lipinski definition) is 0. The summed E-state index contributed by atoms with van der Waals surface area (Å²) in [6.07, 6.45) is 6.63. The van der Waals surface area contributed by atoms with Crippen LogP contribution in [0.15, 0.2) is 194 Å². The number of nitrogens with zero attached hydrogens (tertiary/aromatic N) is 1. The molecule has 0 amide bonds. The second kappa shape index (κ2) is 15.3. The first kappa shape index (κ1) is 39.6. The zero-order chi connectivity index (χ0) is 43.9. The fourth-order valence-electron chi connectivity index (χ4n) is 11.9. The Hall–Kier alpha value is -6.96. The van der Waals surface area contributed by atoms with E-state index in [0.717, 1.165) is 5.69 Å². The maximum atomic E-state index is 2.48. The second-order valence-electron chi connectivity index (χ2n) is 20.0. The molecule has 1 fully saturated rings. The van der Waals surface area contributed by atoms with Gasteiger partial charge in [0.25, 0.3) is 0 Å². The molecule has 0 radical (unpaired) electrons. The Labute approximate surface area is 385 Å². The standard InChI is InChI=1S/C64H55N/c1-63(2)59-22-14-13-21-53(59)57-39-48(27-35-60(57)63)49-28-36-61-58(40-49)54-34-33-52(41-62(54)64(61,3)4)65(50-29-23-43(24-30-50)42-15-7-5-8-16-42)51-31-25-45(26-32-51)56-38-47-20-12-11-19-46(47)37-55(56)44-17-9-6-10-18-44/h6,9-14,17-42H,5,7-8,15-16H2,1-4H3. The van der Waals surface area contributed by atoms with Crippen LogP contribution in [0, 0.1) is 0 Å². The molecule has 0 heterocycles. The number of anilines is 3. The molecular formula is C64H55N. The number of benzene rings is 9. The van der Waals surface area contributed by atoms with Gasteiger partial charge in [-0.2, -0.15) is 0 Å². The highest BCUT2D eigenvalue weighted by molar-refractivity contribution is 5.97. The van der Waals surface area contributed by atoms with Gasteiger partial charge in [0.05, 0.1) is 0 Å². The SMILES string of the molecule is CC1(C)c2ccccc2-c2cc(-c3ccc4c(c3)-c3ccc(N(c5ccc(-c6cc7ccccc7cc6-c6ccccc6)cc5)c5ccc(C6CCCCC6)cc5)cc3C4(C)C)ccc21. The zero-order valence-electron chi connectivity index (χ0n) is 38.0. The average molecular weight is 838 g/mol. The van der Waals surface area contributed by atoms with Crippen molar-refractivity contribution in [3.05, 3.63) is 222 Å². The highest BCUT2D eigenvalue weighted by atomic mass is 15.1. The molecule has 12 rings (SSSR count). The van der Waals surface area contributed by atoms with Crippen molar-refractivity contribution in [1.29, 1.82) is 0 Å². The third-order valence-corrected chi connectivity index (χ3v) is 15.5. The van der Waals surface area contributed by atoms with E-state index in [0.29, 0.717) is 5.92 Å². The lowest BCUT2D eigenvalue weighted by molar-refractivity contribution is 0.443. The first-order valence-corrected chi connectivity index (χ1v) is 23.9. The summed E-state index contributed by atoms with van der Waals surface area (Å²) in [5, 5.41) is 2.51. The average Bonchev–Trinajstić information content (AvgIpc) is 3.73. The quantitative estimate of drug-likeness (QED) is 0.155. The lowest BCUT2D eigenvalue weighted by atomic mass is 9.81. The van der Waals surface area contributed by atoms with Crippen molar-refractivity contribution >= 4 is 27.8 Å². The molecule has 9 aromatic carbocycles. The van der Waals surface area contributed by atoms with Crippen LogP contribution in [0.2, 0.25) is 0 Å². The van der Waals surface area contributed by atoms with Crippen molar-refractivity contribution < 1.29 is 0 Å². The molecule has 1 saturated carbocycles. The molecule has 9 aromatic rings. The zero-order valence-corrected chi connectivity index (χ0v) is 38.0. The first-order chi connectivity index (χ1) is 31.7. The van der Waals surface area contributed by atoms with E-state index >= 15 is 0 Å². The smallest absolute Gasteiger partial charge is 0.0465 e. The minimum atomic E-state index is -0.162. The van der Waals surface area contributed by atoms with Gasteiger partial charge in [-0.1, -0.05) is 180 Å². The van der Waals surface area contributed by atoms with Gasteiger partial charge < -0.3 is 4.90 Å². The van der Waals surface area contributed by atoms with Crippen molar-refractivity contribution in [3.8, 4) is 55.6 Å². The van der Waals surface area contributed by atoms with Crippen molar-refractivity contribution in [1.82, 2.24) is 0 Å². The highest BCUT2D eigenvalue weighted by Crippen LogP contribution is 2.53. The van der Waals surface area contributed by atoms with Crippen LogP contribution in [-0.2, 0) is 10.8 Å². The normalized spacial score (nSPS) is 15.6. The third kappa shape index (κ3) is 6.58. The van der Waals surface area contributed by atoms with Crippen LogP contribution in [0.1, 0.15) is 93.5 Å². The molecule has 0 saturated heterocycles. The fraction of sp³-hybridized carbons (Fsp3) is 0.188. The van der Waals surface area contributed by atoms with E-state index in [9.17, 15) is 0 Å². The van der Waals surface area contributed by atoms with E-state index in [1.807, 2.05) is 0 Å². The molecule has 0 spiro atoms. The minimum Gasteiger partial charge on any atom is -0.310 e. The molecule has 65 heavy (non-hydrogen) atoms. The van der Waals surface area contributed by atoms with Gasteiger partial charge in [-0.25, -0.2) is 0 Å². The highest BCUT2D eigenvalue weighted by Gasteiger charge is 2.38. The predicted octanol–water partition coefficient (Wildman–Crippen LogP) is 18.0. The Morgan fingerprint density at radius 3 is 1.45 bits per heavy atom. The van der Waals surface area contributed by atoms with Gasteiger partial charge in [-0.15, -0.1) is 0 Å². The lowest BCUT2D eigenvalue weighted by Crippen LogP contribution is -2.16. The summed E-state index contributed by atoms with van der Waals surface area (Å²) in [7, 11) is 0. The van der Waals surface area contributed by atoms with Crippen molar-refractivity contribution in [3.63, 3.8) is 0 Å². The molecular weight excluding hydrogens is 783 g/mol. The van der Waals surface area contributed by atoms with Gasteiger partial charge in [0.15, 0.2) is 0 Å². The van der Waals surface area contributed by atoms with Crippen molar-refractivity contribution in [2.24, 2.45) is 0 Å². The molecule has 316 valence electrons. The Bertz CT molecular complexity index is 3270. The van der Waals surface area contributed by atoms with Crippen LogP contribution in [-0.4, -0.2) is 0 Å². The summed E-state index contributed by atoms with van der Waals surface area (Å²) in [4.78, 5) is 2.47. The number of fused-ring (bicyclic) bond motifs is 7. The van der Waals surface area contributed by atoms with Gasteiger partial charge in [0.1, 0.15) is 0 Å². The van der Waals surface area contributed by atoms with Crippen LogP contribution in [0.5, 0.6) is 0 Å². The van der Waals surface area contributed by atoms with Gasteiger partial charge in [-0.05, 0) is 174 Å². The molecule has 0 N–H and O–H groups in total. The van der Waals surface area contributed by atoms with Gasteiger partial charge in [-0.3, -0.25) is 0 Å². The summed E-state index contributed by atoms with van der Waals surface area (Å²) in [5.74, 6) is 0.662. The van der Waals surface area contributed by atoms with Crippen LogP contribution in [0.25, 0.3) is 66.4 Å². The predicted molar refractivity (Wildman–Crippen MR) is 276 cm³/mol. The van der Waals surface area contributed by atoms with Crippen molar-refractivity contribution in [2.75, 3.05) is 4.90 Å². The second-order valence-corrected chi connectivity index (χ2v) is 20.0. The van der Waals surface area contributed by atoms with E-state index in [1.165, 1.54) is 138 Å². The van der Waals surface area contributed by atoms with Crippen LogP contribution in [0.3, 0.4) is 0 Å². The summed E-state index contributed by atoms with van der Waals surface area (Å²) < 4.78 is 0. The number of hydrogen-bond acceptors (Lipinski definition) is 1. The van der Waals surface area contributed by atoms with Crippen LogP contribution in [0.4, 0.5) is 17.1 Å². The monoisotopic (exact) mass is 837 g/mol. The van der Waals surface area contributed by atoms with E-state index in [-0.39, 0.29) is 10.8 Å². The molecule has 0 atom stereocenters. The van der Waals surface area contributed by atoms with Gasteiger partial charge in [0.2, 0.25) is 0 Å². The van der Waals surface area contributed by atoms with E-state index in [2.05, 4.69) is 227 Å². The van der Waals surface area contributed by atoms with Crippen LogP contribution >= 0.6 is 0 Å². The van der Waals surface area contributed by atoms with Gasteiger partial charge >= 0.3 is 0 Å². The van der Waals surface area contributed by atoms with Gasteiger partial charge in [0, 0.05) is 27.9 Å². The summed E-state index contributed by atoms with van der Waals surface area (Å²) in [6.45, 7) is 9.52. The Morgan fingerprint density at radius 1 is 0.338 bits per heavy atom. The summed E-state index contributed by atoms with van der Waals surface area (Å²) >= 11 is 0. The lowest BCUT2D eigenvalue weighted by Gasteiger charge is -2.29. The molecule has 0 bridgehead atoms. The third-order valence-electron chi connectivity index (χ3n) is 15.5. The first-order valence-electron chi connectivity index (χ1n) is 23.9. The largest absolute Gasteiger partial charge is 0.310 e. The van der Waals surface area contributed by atoms with E-state index < -0.39 is 0 Å². The fourth-order valence-corrected chi connectivity index (χ4v) is 11.9. The molecule has 0 aliphatic heterocycles. The summed E-state index contributed by atoms with van der Waals surface area (Å²) in [5.41, 5.74) is 23.3.